The van der Waals surface area contributed by atoms with Gasteiger partial charge < -0.3 is 0 Å². The van der Waals surface area contributed by atoms with Crippen molar-refractivity contribution in [3.05, 3.63) is 46.8 Å². The zero-order chi connectivity index (χ0) is 10.8. The minimum atomic E-state index is 1.11. The molecule has 1 aromatic rings. The monoisotopic (exact) mass is 199 g/mol. The molecule has 15 heavy (non-hydrogen) atoms. The summed E-state index contributed by atoms with van der Waals surface area (Å²) >= 11 is 0. The second-order valence-corrected chi connectivity index (χ2v) is 4.24. The Kier molecular flexibility index (Phi) is 2.72. The molecule has 0 atom stereocenters. The summed E-state index contributed by atoms with van der Waals surface area (Å²) in [6.45, 7) is 6.31. The lowest BCUT2D eigenvalue weighted by atomic mass is 9.92. The first-order valence-electron chi connectivity index (χ1n) is 5.49. The summed E-state index contributed by atoms with van der Waals surface area (Å²) in [4.78, 5) is 4.41. The Labute approximate surface area is 91.6 Å². The number of aromatic nitrogens is 1. The maximum atomic E-state index is 4.41. The van der Waals surface area contributed by atoms with E-state index in [0.717, 1.165) is 24.2 Å². The van der Waals surface area contributed by atoms with Gasteiger partial charge >= 0.3 is 0 Å². The molecular weight excluding hydrogens is 182 g/mol. The van der Waals surface area contributed by atoms with Crippen LogP contribution >= 0.6 is 0 Å². The molecule has 0 radical (unpaired) electrons. The molecule has 0 saturated carbocycles. The summed E-state index contributed by atoms with van der Waals surface area (Å²) in [5, 5.41) is 0. The molecule has 2 rings (SSSR count). The fraction of sp³-hybridized carbons (Fsp3) is 0.357. The highest BCUT2D eigenvalue weighted by Gasteiger charge is 2.08. The third-order valence-corrected chi connectivity index (χ3v) is 2.83. The Hall–Kier alpha value is -1.37. The van der Waals surface area contributed by atoms with Crippen molar-refractivity contribution in [1.82, 2.24) is 4.98 Å². The molecule has 0 aliphatic heterocycles. The number of pyridine rings is 1. The van der Waals surface area contributed by atoms with E-state index in [4.69, 9.17) is 0 Å². The van der Waals surface area contributed by atoms with Crippen molar-refractivity contribution in [1.29, 1.82) is 0 Å². The van der Waals surface area contributed by atoms with Crippen molar-refractivity contribution in [2.24, 2.45) is 0 Å². The molecular formula is C14H17N. The van der Waals surface area contributed by atoms with Gasteiger partial charge in [-0.2, -0.15) is 0 Å². The predicted octanol–water partition coefficient (Wildman–Crippen LogP) is 3.82. The fourth-order valence-corrected chi connectivity index (χ4v) is 2.17. The van der Waals surface area contributed by atoms with Gasteiger partial charge in [-0.1, -0.05) is 12.2 Å². The van der Waals surface area contributed by atoms with E-state index in [9.17, 15) is 0 Å². The molecule has 0 bridgehead atoms. The van der Waals surface area contributed by atoms with Gasteiger partial charge in [0, 0.05) is 11.4 Å². The number of allylic oxidation sites excluding steroid dienone is 4. The zero-order valence-electron chi connectivity index (χ0n) is 9.67. The normalized spacial score (nSPS) is 15.9. The van der Waals surface area contributed by atoms with Crippen molar-refractivity contribution in [3.63, 3.8) is 0 Å². The lowest BCUT2D eigenvalue weighted by Crippen LogP contribution is -1.95. The van der Waals surface area contributed by atoms with E-state index < -0.39 is 0 Å². The van der Waals surface area contributed by atoms with E-state index in [1.807, 2.05) is 0 Å². The van der Waals surface area contributed by atoms with Gasteiger partial charge in [-0.05, 0) is 62.5 Å². The minimum Gasteiger partial charge on any atom is -0.258 e. The molecule has 0 aromatic carbocycles. The van der Waals surface area contributed by atoms with Crippen LogP contribution in [0, 0.1) is 13.8 Å². The van der Waals surface area contributed by atoms with Gasteiger partial charge in [-0.3, -0.25) is 4.98 Å². The van der Waals surface area contributed by atoms with E-state index in [1.165, 1.54) is 16.7 Å². The first-order chi connectivity index (χ1) is 7.16. The van der Waals surface area contributed by atoms with Gasteiger partial charge in [0.1, 0.15) is 0 Å². The summed E-state index contributed by atoms with van der Waals surface area (Å²) in [6.07, 6.45) is 6.79. The zero-order valence-corrected chi connectivity index (χ0v) is 9.67. The molecule has 0 saturated heterocycles. The van der Waals surface area contributed by atoms with Gasteiger partial charge in [0.25, 0.3) is 0 Å². The lowest BCUT2D eigenvalue weighted by molar-refractivity contribution is 1.03. The van der Waals surface area contributed by atoms with E-state index in [0.29, 0.717) is 0 Å². The molecule has 1 aliphatic rings. The number of hydrogen-bond acceptors (Lipinski definition) is 1. The quantitative estimate of drug-likeness (QED) is 0.670. The highest BCUT2D eigenvalue weighted by Crippen LogP contribution is 2.28. The van der Waals surface area contributed by atoms with Gasteiger partial charge in [0.2, 0.25) is 0 Å². The van der Waals surface area contributed by atoms with Crippen LogP contribution in [0.2, 0.25) is 0 Å². The van der Waals surface area contributed by atoms with Gasteiger partial charge in [-0.25, -0.2) is 0 Å². The smallest absolute Gasteiger partial charge is 0.0381 e. The SMILES string of the molecule is CC1=C(c2cc(C)nc(C)c2)CCC=C1. The molecule has 78 valence electrons. The second-order valence-electron chi connectivity index (χ2n) is 4.24. The van der Waals surface area contributed by atoms with Crippen LogP contribution < -0.4 is 0 Å². The van der Waals surface area contributed by atoms with Crippen molar-refractivity contribution >= 4 is 5.57 Å². The Balaban J connectivity index is 2.49. The Morgan fingerprint density at radius 3 is 2.33 bits per heavy atom. The molecule has 1 heterocycles. The largest absolute Gasteiger partial charge is 0.258 e. The summed E-state index contributed by atoms with van der Waals surface area (Å²) in [5.41, 5.74) is 6.44. The third-order valence-electron chi connectivity index (χ3n) is 2.83. The highest BCUT2D eigenvalue weighted by atomic mass is 14.7. The van der Waals surface area contributed by atoms with Crippen LogP contribution in [0.25, 0.3) is 5.57 Å². The van der Waals surface area contributed by atoms with Crippen LogP contribution in [0.1, 0.15) is 36.7 Å². The van der Waals surface area contributed by atoms with E-state index in [1.54, 1.807) is 0 Å². The minimum absolute atomic E-state index is 1.11. The van der Waals surface area contributed by atoms with E-state index in [2.05, 4.69) is 50.0 Å². The van der Waals surface area contributed by atoms with Crippen molar-refractivity contribution in [2.45, 2.75) is 33.6 Å². The lowest BCUT2D eigenvalue weighted by Gasteiger charge is -2.14. The molecule has 0 amide bonds. The van der Waals surface area contributed by atoms with E-state index in [-0.39, 0.29) is 0 Å². The maximum Gasteiger partial charge on any atom is 0.0381 e. The topological polar surface area (TPSA) is 12.9 Å². The van der Waals surface area contributed by atoms with Crippen LogP contribution in [0.5, 0.6) is 0 Å². The average Bonchev–Trinajstić information content (AvgIpc) is 2.16. The molecule has 0 N–H and O–H groups in total. The first kappa shape index (κ1) is 10.2. The first-order valence-corrected chi connectivity index (χ1v) is 5.49. The molecule has 1 nitrogen and oxygen atoms in total. The van der Waals surface area contributed by atoms with Crippen LogP contribution in [-0.2, 0) is 0 Å². The van der Waals surface area contributed by atoms with Crippen molar-refractivity contribution < 1.29 is 0 Å². The summed E-state index contributed by atoms with van der Waals surface area (Å²) < 4.78 is 0. The predicted molar refractivity (Wildman–Crippen MR) is 64.7 cm³/mol. The fourth-order valence-electron chi connectivity index (χ4n) is 2.17. The molecule has 0 fully saturated rings. The van der Waals surface area contributed by atoms with Crippen LogP contribution in [0.3, 0.4) is 0 Å². The summed E-state index contributed by atoms with van der Waals surface area (Å²) in [6, 6.07) is 4.37. The summed E-state index contributed by atoms with van der Waals surface area (Å²) in [7, 11) is 0. The Morgan fingerprint density at radius 2 is 1.73 bits per heavy atom. The highest BCUT2D eigenvalue weighted by molar-refractivity contribution is 5.72. The van der Waals surface area contributed by atoms with Gasteiger partial charge in [0.05, 0.1) is 0 Å². The molecule has 1 aromatic heterocycles. The van der Waals surface area contributed by atoms with E-state index >= 15 is 0 Å². The van der Waals surface area contributed by atoms with Crippen molar-refractivity contribution in [3.8, 4) is 0 Å². The van der Waals surface area contributed by atoms with Crippen LogP contribution in [0.15, 0.2) is 29.9 Å². The Morgan fingerprint density at radius 1 is 1.07 bits per heavy atom. The Bertz CT molecular complexity index is 418. The second kappa shape index (κ2) is 4.01. The molecule has 1 aliphatic carbocycles. The van der Waals surface area contributed by atoms with Crippen molar-refractivity contribution in [2.75, 3.05) is 0 Å². The summed E-state index contributed by atoms with van der Waals surface area (Å²) in [5.74, 6) is 0. The van der Waals surface area contributed by atoms with Gasteiger partial charge in [0.15, 0.2) is 0 Å². The average molecular weight is 199 g/mol. The molecule has 0 unspecified atom stereocenters. The number of hydrogen-bond donors (Lipinski definition) is 0. The number of nitrogens with zero attached hydrogens (tertiary/aromatic N) is 1. The standard InChI is InChI=1S/C14H17N/c1-10-6-4-5-7-14(10)13-8-11(2)15-12(3)9-13/h4,6,8-9H,5,7H2,1-3H3. The number of aryl methyl sites for hydroxylation is 2. The maximum absolute atomic E-state index is 4.41. The molecule has 0 spiro atoms. The van der Waals surface area contributed by atoms with Crippen LogP contribution in [0.4, 0.5) is 0 Å². The molecule has 1 heteroatoms. The van der Waals surface area contributed by atoms with Crippen LogP contribution in [-0.4, -0.2) is 4.98 Å². The van der Waals surface area contributed by atoms with Gasteiger partial charge in [-0.15, -0.1) is 0 Å². The third kappa shape index (κ3) is 2.17. The number of rotatable bonds is 1.